The van der Waals surface area contributed by atoms with Crippen LogP contribution in [0.2, 0.25) is 0 Å². The fraction of sp³-hybridized carbons (Fsp3) is 0.566. The fourth-order valence-corrected chi connectivity index (χ4v) is 10.7. The first-order chi connectivity index (χ1) is 51.7. The van der Waals surface area contributed by atoms with Crippen LogP contribution in [0, 0.1) is 0 Å². The molecule has 107 heavy (non-hydrogen) atoms. The summed E-state index contributed by atoms with van der Waals surface area (Å²) < 4.78 is 73.5. The van der Waals surface area contributed by atoms with Crippen molar-refractivity contribution in [1.82, 2.24) is 31.9 Å². The number of aliphatic hydroxyl groups is 3. The van der Waals surface area contributed by atoms with E-state index in [0.29, 0.717) is 110 Å². The van der Waals surface area contributed by atoms with Gasteiger partial charge in [-0.05, 0) is 183 Å². The molecule has 0 radical (unpaired) electrons. The lowest BCUT2D eigenvalue weighted by molar-refractivity contribution is 0.0815. The molecular formula is C83H126N8O16. The van der Waals surface area contributed by atoms with E-state index in [2.05, 4.69) is 89.1 Å². The first kappa shape index (κ1) is 87.6. The summed E-state index contributed by atoms with van der Waals surface area (Å²) in [6, 6.07) is 50.1. The number of aliphatic hydroxyl groups excluding tert-OH is 3. The van der Waals surface area contributed by atoms with Crippen LogP contribution in [-0.4, -0.2) is 253 Å². The molecule has 13 N–H and O–H groups in total. The molecule has 3 heterocycles. The number of benzene rings is 6. The van der Waals surface area contributed by atoms with Gasteiger partial charge in [0, 0.05) is 79.8 Å². The first-order valence-corrected chi connectivity index (χ1v) is 38.0. The molecule has 9 rings (SSSR count). The van der Waals surface area contributed by atoms with Gasteiger partial charge in [0.2, 0.25) is 0 Å². The van der Waals surface area contributed by atoms with Crippen LogP contribution in [0.4, 0.5) is 0 Å². The molecule has 6 aromatic carbocycles. The molecule has 0 aliphatic carbocycles. The van der Waals surface area contributed by atoms with Gasteiger partial charge >= 0.3 is 0 Å². The molecule has 0 aromatic heterocycles. The number of rotatable bonds is 52. The van der Waals surface area contributed by atoms with E-state index in [4.69, 9.17) is 73.0 Å². The second-order valence-corrected chi connectivity index (χ2v) is 28.6. The summed E-state index contributed by atoms with van der Waals surface area (Å²) in [7, 11) is 5.73. The Morgan fingerprint density at radius 3 is 0.701 bits per heavy atom. The van der Waals surface area contributed by atoms with Crippen molar-refractivity contribution < 1.29 is 76.9 Å². The van der Waals surface area contributed by atoms with Crippen molar-refractivity contribution >= 4 is 0 Å². The molecule has 3 aliphatic rings. The van der Waals surface area contributed by atoms with Gasteiger partial charge in [-0.2, -0.15) is 0 Å². The normalized spacial score (nSPS) is 18.7. The molecule has 3 saturated heterocycles. The molecule has 24 heteroatoms. The van der Waals surface area contributed by atoms with Gasteiger partial charge < -0.3 is 120 Å². The van der Waals surface area contributed by atoms with Crippen LogP contribution >= 0.6 is 0 Å². The number of hydrogen-bond acceptors (Lipinski definition) is 24. The lowest BCUT2D eigenvalue weighted by atomic mass is 9.85. The van der Waals surface area contributed by atoms with Gasteiger partial charge in [-0.1, -0.05) is 72.8 Å². The highest BCUT2D eigenvalue weighted by atomic mass is 16.6. The Labute approximate surface area is 636 Å². The van der Waals surface area contributed by atoms with Crippen LogP contribution in [0.25, 0.3) is 0 Å². The van der Waals surface area contributed by atoms with E-state index in [1.807, 2.05) is 165 Å². The van der Waals surface area contributed by atoms with Crippen LogP contribution in [0.15, 0.2) is 146 Å². The zero-order chi connectivity index (χ0) is 76.7. The van der Waals surface area contributed by atoms with Gasteiger partial charge in [0.15, 0.2) is 0 Å². The van der Waals surface area contributed by atoms with Crippen LogP contribution in [0.5, 0.6) is 34.5 Å². The summed E-state index contributed by atoms with van der Waals surface area (Å²) in [5, 5.41) is 51.3. The van der Waals surface area contributed by atoms with Gasteiger partial charge in [-0.15, -0.1) is 0 Å². The Morgan fingerprint density at radius 1 is 0.308 bits per heavy atom. The van der Waals surface area contributed by atoms with Gasteiger partial charge in [0.1, 0.15) is 111 Å². The Balaban J connectivity index is 0.000000304. The van der Waals surface area contributed by atoms with Gasteiger partial charge in [0.25, 0.3) is 0 Å². The van der Waals surface area contributed by atoms with Crippen molar-refractivity contribution in [2.24, 2.45) is 11.5 Å². The van der Waals surface area contributed by atoms with Crippen LogP contribution in [-0.2, 0) is 33.2 Å². The molecule has 14 atom stereocenters. The van der Waals surface area contributed by atoms with Crippen molar-refractivity contribution in [2.45, 2.75) is 152 Å². The third-order valence-corrected chi connectivity index (χ3v) is 17.7. The van der Waals surface area contributed by atoms with Crippen LogP contribution in [0.1, 0.15) is 101 Å². The predicted octanol–water partition coefficient (Wildman–Crippen LogP) is 6.79. The van der Waals surface area contributed by atoms with E-state index in [-0.39, 0.29) is 98.3 Å². The van der Waals surface area contributed by atoms with Gasteiger partial charge in [0.05, 0.1) is 72.7 Å². The molecule has 3 fully saturated rings. The summed E-state index contributed by atoms with van der Waals surface area (Å²) in [6.07, 6.45) is -1.35. The Kier molecular flexibility index (Phi) is 40.0. The minimum atomic E-state index is -0.691. The maximum atomic E-state index is 10.6. The number of nitrogens with two attached hydrogens (primary N) is 2. The SMILES string of the molecule is CC(N)COCC(C)N.CNC(C)COCC(C)NCC(O)COc1ccc(C(c2ccc(OCC(O)CNC(C)COCC(C)NC)cc2)c2ccc(OCC(O)CNC(C)COCC(C)NC)cc2)cc1.c1cc(C(c2ccc(OCC3CO3)cc2)c2ccc(OCC3CO3)cc2)ccc1OCC1CO1. The molecule has 594 valence electrons. The quantitative estimate of drug-likeness (QED) is 0.0138. The zero-order valence-electron chi connectivity index (χ0n) is 65.0. The summed E-state index contributed by atoms with van der Waals surface area (Å²) in [4.78, 5) is 0. The minimum Gasteiger partial charge on any atom is -0.491 e. The minimum absolute atomic E-state index is 0.0717. The smallest absolute Gasteiger partial charge is 0.119 e. The maximum Gasteiger partial charge on any atom is 0.119 e. The number of ether oxygens (including phenoxy) is 13. The molecular weight excluding hydrogens is 1360 g/mol. The molecule has 24 nitrogen and oxygen atoms in total. The highest BCUT2D eigenvalue weighted by Crippen LogP contribution is 2.37. The second-order valence-electron chi connectivity index (χ2n) is 28.6. The fourth-order valence-electron chi connectivity index (χ4n) is 10.7. The monoisotopic (exact) mass is 1490 g/mol. The lowest BCUT2D eigenvalue weighted by Crippen LogP contribution is -2.39. The highest BCUT2D eigenvalue weighted by Gasteiger charge is 2.27. The summed E-state index contributed by atoms with van der Waals surface area (Å²) in [6.45, 7) is 26.6. The van der Waals surface area contributed by atoms with E-state index in [9.17, 15) is 15.3 Å². The maximum absolute atomic E-state index is 10.6. The van der Waals surface area contributed by atoms with Gasteiger partial charge in [-0.25, -0.2) is 0 Å². The number of nitrogens with one attached hydrogen (secondary N) is 6. The molecule has 0 bridgehead atoms. The number of likely N-dealkylation sites (N-methyl/N-ethyl adjacent to an activating group) is 3. The van der Waals surface area contributed by atoms with E-state index >= 15 is 0 Å². The third kappa shape index (κ3) is 36.2. The van der Waals surface area contributed by atoms with E-state index < -0.39 is 18.3 Å². The van der Waals surface area contributed by atoms with Gasteiger partial charge in [-0.3, -0.25) is 0 Å². The summed E-state index contributed by atoms with van der Waals surface area (Å²) >= 11 is 0. The molecule has 3 aliphatic heterocycles. The van der Waals surface area contributed by atoms with Crippen LogP contribution in [0.3, 0.4) is 0 Å². The molecule has 14 unspecified atom stereocenters. The van der Waals surface area contributed by atoms with Crippen molar-refractivity contribution in [3.63, 3.8) is 0 Å². The third-order valence-electron chi connectivity index (χ3n) is 17.7. The number of epoxide rings is 3. The van der Waals surface area contributed by atoms with Crippen molar-refractivity contribution in [3.05, 3.63) is 179 Å². The topological polar surface area (TPSA) is 315 Å². The standard InChI is InChI=1S/C49H82N6O9.C28H28O6.C6H16N2O/c1-34(50-7)25-59-28-37(4)53-22-43(56)31-62-46-16-10-40(11-17-46)49(41-12-18-47(19-13-41)63-32-44(57)23-54-38(5)29-60-26-35(2)51-8)42-14-20-48(21-15-42)64-33-45(58)24-55-39(6)30-61-27-36(3)52-9;1-7-22(29-13-25-16-32-25)8-2-19(1)28(20-3-9-23(10-4-20)30-14-26-17-33-26)21-5-11-24(12-6-21)31-15-27-18-34-27;1-5(7)3-9-4-6(2)8/h10-21,34-39,43-45,49-58H,22-33H2,1-9H3;1-12,25-28H,13-18H2;5-6H,3-4,7-8H2,1-2H3. The number of hydrogen-bond donors (Lipinski definition) is 11. The Hall–Kier alpha value is -6.60. The zero-order valence-corrected chi connectivity index (χ0v) is 65.0. The van der Waals surface area contributed by atoms with E-state index in [0.717, 1.165) is 53.8 Å². The average molecular weight is 1490 g/mol. The first-order valence-electron chi connectivity index (χ1n) is 38.0. The van der Waals surface area contributed by atoms with Crippen molar-refractivity contribution in [3.8, 4) is 34.5 Å². The largest absolute Gasteiger partial charge is 0.491 e. The van der Waals surface area contributed by atoms with Crippen molar-refractivity contribution in [2.75, 3.05) is 153 Å². The van der Waals surface area contributed by atoms with Crippen LogP contribution < -0.4 is 71.8 Å². The lowest BCUT2D eigenvalue weighted by Gasteiger charge is -2.21. The summed E-state index contributed by atoms with van der Waals surface area (Å²) in [5.41, 5.74) is 17.5. The average Bonchev–Trinajstić information content (AvgIpc) is 1.47. The Morgan fingerprint density at radius 2 is 0.505 bits per heavy atom. The molecule has 0 saturated carbocycles. The molecule has 6 aromatic rings. The molecule has 0 spiro atoms. The van der Waals surface area contributed by atoms with Crippen molar-refractivity contribution in [1.29, 1.82) is 0 Å². The predicted molar refractivity (Wildman–Crippen MR) is 419 cm³/mol. The second kappa shape index (κ2) is 48.8. The van der Waals surface area contributed by atoms with E-state index in [1.54, 1.807) is 0 Å². The highest BCUT2D eigenvalue weighted by molar-refractivity contribution is 5.49. The Bertz CT molecular complexity index is 2930. The molecule has 0 amide bonds. The van der Waals surface area contributed by atoms with E-state index in [1.165, 1.54) is 16.7 Å². The summed E-state index contributed by atoms with van der Waals surface area (Å²) in [5.74, 6) is 4.47.